The number of ether oxygens (including phenoxy) is 2. The predicted molar refractivity (Wildman–Crippen MR) is 174 cm³/mol. The fraction of sp³-hybridized carbons (Fsp3) is 0.778. The largest absolute Gasteiger partial charge is 0.481 e. The Hall–Kier alpha value is -2.32. The van der Waals surface area contributed by atoms with Crippen molar-refractivity contribution >= 4 is 23.5 Å². The molecule has 4 atom stereocenters. The molecule has 0 aliphatic carbocycles. The van der Waals surface area contributed by atoms with Gasteiger partial charge < -0.3 is 19.7 Å². The first-order valence-corrected chi connectivity index (χ1v) is 17.4. The van der Waals surface area contributed by atoms with Crippen molar-refractivity contribution in [2.45, 2.75) is 180 Å². The molecule has 2 rings (SSSR count). The lowest BCUT2D eigenvalue weighted by atomic mass is 10.1. The summed E-state index contributed by atoms with van der Waals surface area (Å²) in [4.78, 5) is 44.3. The molecule has 0 aromatic carbocycles. The average molecular weight is 621 g/mol. The van der Waals surface area contributed by atoms with E-state index in [9.17, 15) is 19.2 Å². The van der Waals surface area contributed by atoms with Gasteiger partial charge in [-0.3, -0.25) is 19.2 Å². The van der Waals surface area contributed by atoms with Crippen LogP contribution in [0, 0.1) is 0 Å². The van der Waals surface area contributed by atoms with Gasteiger partial charge in [0.25, 0.3) is 0 Å². The van der Waals surface area contributed by atoms with Crippen LogP contribution < -0.4 is 0 Å². The molecule has 8 nitrogen and oxygen atoms in total. The SMILES string of the molecule is CCCCC/C=C\C(=O)C1OC1CCCCCCCC(=O)O.CCCCCC1OC1C(=O)/C=C\CCCCCCCC(=O)O. The summed E-state index contributed by atoms with van der Waals surface area (Å²) in [5.74, 6) is -1.20. The minimum absolute atomic E-state index is 0.114. The Bertz CT molecular complexity index is 864. The highest BCUT2D eigenvalue weighted by Gasteiger charge is 2.43. The minimum Gasteiger partial charge on any atom is -0.481 e. The third-order valence-electron chi connectivity index (χ3n) is 8.00. The molecule has 0 spiro atoms. The molecule has 0 radical (unpaired) electrons. The smallest absolute Gasteiger partial charge is 0.303 e. The summed E-state index contributed by atoms with van der Waals surface area (Å²) in [5, 5.41) is 17.0. The molecule has 0 aromatic heterocycles. The van der Waals surface area contributed by atoms with E-state index in [0.29, 0.717) is 0 Å². The molecule has 2 aliphatic rings. The first-order valence-electron chi connectivity index (χ1n) is 17.4. The summed E-state index contributed by atoms with van der Waals surface area (Å²) in [6, 6.07) is 0. The number of allylic oxidation sites excluding steroid dienone is 2. The van der Waals surface area contributed by atoms with E-state index in [1.807, 2.05) is 12.2 Å². The van der Waals surface area contributed by atoms with E-state index in [1.54, 1.807) is 12.2 Å². The van der Waals surface area contributed by atoms with Crippen molar-refractivity contribution in [1.29, 1.82) is 0 Å². The first kappa shape index (κ1) is 39.7. The number of hydrogen-bond acceptors (Lipinski definition) is 6. The number of ketones is 2. The van der Waals surface area contributed by atoms with Gasteiger partial charge in [-0.05, 0) is 63.5 Å². The zero-order valence-electron chi connectivity index (χ0n) is 27.5. The molecule has 44 heavy (non-hydrogen) atoms. The van der Waals surface area contributed by atoms with E-state index in [-0.39, 0.29) is 48.8 Å². The third-order valence-corrected chi connectivity index (χ3v) is 8.00. The third kappa shape index (κ3) is 22.2. The molecule has 2 fully saturated rings. The van der Waals surface area contributed by atoms with Crippen molar-refractivity contribution in [2.24, 2.45) is 0 Å². The normalized spacial score (nSPS) is 20.4. The fourth-order valence-electron chi connectivity index (χ4n) is 5.14. The lowest BCUT2D eigenvalue weighted by molar-refractivity contribution is -0.138. The highest BCUT2D eigenvalue weighted by atomic mass is 16.6. The maximum absolute atomic E-state index is 11.8. The molecule has 0 bridgehead atoms. The van der Waals surface area contributed by atoms with Gasteiger partial charge in [0.1, 0.15) is 12.2 Å². The highest BCUT2D eigenvalue weighted by Crippen LogP contribution is 2.29. The number of unbranched alkanes of at least 4 members (excludes halogenated alkanes) is 14. The van der Waals surface area contributed by atoms with Gasteiger partial charge in [-0.25, -0.2) is 0 Å². The Balaban J connectivity index is 0.000000440. The maximum atomic E-state index is 11.8. The summed E-state index contributed by atoms with van der Waals surface area (Å²) in [5.41, 5.74) is 0. The molecule has 2 saturated heterocycles. The van der Waals surface area contributed by atoms with Gasteiger partial charge in [0.05, 0.1) is 12.2 Å². The molecule has 2 aliphatic heterocycles. The van der Waals surface area contributed by atoms with Gasteiger partial charge in [0, 0.05) is 12.8 Å². The minimum atomic E-state index is -0.713. The van der Waals surface area contributed by atoms with Crippen LogP contribution in [0.4, 0.5) is 0 Å². The quantitative estimate of drug-likeness (QED) is 0.0505. The summed E-state index contributed by atoms with van der Waals surface area (Å²) in [7, 11) is 0. The highest BCUT2D eigenvalue weighted by molar-refractivity contribution is 5.96. The summed E-state index contributed by atoms with van der Waals surface area (Å²) in [6.07, 6.45) is 28.6. The lowest BCUT2D eigenvalue weighted by Crippen LogP contribution is -2.06. The first-order chi connectivity index (χ1) is 21.3. The Labute approximate surface area is 266 Å². The number of carbonyl (C=O) groups excluding carboxylic acids is 2. The van der Waals surface area contributed by atoms with E-state index in [0.717, 1.165) is 103 Å². The predicted octanol–water partition coefficient (Wildman–Crippen LogP) is 8.55. The molecule has 252 valence electrons. The van der Waals surface area contributed by atoms with Crippen LogP contribution in [-0.4, -0.2) is 58.1 Å². The molecule has 4 unspecified atom stereocenters. The van der Waals surface area contributed by atoms with Crippen LogP contribution in [0.5, 0.6) is 0 Å². The van der Waals surface area contributed by atoms with E-state index >= 15 is 0 Å². The Morgan fingerprint density at radius 1 is 0.523 bits per heavy atom. The topological polar surface area (TPSA) is 134 Å². The van der Waals surface area contributed by atoms with Crippen molar-refractivity contribution in [3.63, 3.8) is 0 Å². The van der Waals surface area contributed by atoms with Crippen molar-refractivity contribution in [3.05, 3.63) is 24.3 Å². The second kappa shape index (κ2) is 26.0. The van der Waals surface area contributed by atoms with Crippen molar-refractivity contribution in [3.8, 4) is 0 Å². The van der Waals surface area contributed by atoms with Gasteiger partial charge >= 0.3 is 11.9 Å². The van der Waals surface area contributed by atoms with Crippen LogP contribution in [0.3, 0.4) is 0 Å². The molecule has 0 saturated carbocycles. The van der Waals surface area contributed by atoms with Crippen LogP contribution >= 0.6 is 0 Å². The molecular weight excluding hydrogens is 560 g/mol. The van der Waals surface area contributed by atoms with E-state index in [4.69, 9.17) is 19.7 Å². The zero-order chi connectivity index (χ0) is 32.4. The second-order valence-corrected chi connectivity index (χ2v) is 12.2. The van der Waals surface area contributed by atoms with Crippen molar-refractivity contribution < 1.29 is 38.9 Å². The van der Waals surface area contributed by atoms with Crippen LogP contribution in [0.25, 0.3) is 0 Å². The van der Waals surface area contributed by atoms with E-state index in [2.05, 4.69) is 13.8 Å². The fourth-order valence-corrected chi connectivity index (χ4v) is 5.14. The van der Waals surface area contributed by atoms with Crippen LogP contribution in [0.2, 0.25) is 0 Å². The second-order valence-electron chi connectivity index (χ2n) is 12.2. The number of rotatable bonds is 28. The lowest BCUT2D eigenvalue weighted by Gasteiger charge is -1.98. The molecule has 8 heteroatoms. The average Bonchev–Trinajstić information content (AvgIpc) is 3.92. The Kier molecular flexibility index (Phi) is 23.4. The van der Waals surface area contributed by atoms with Gasteiger partial charge in [-0.1, -0.05) is 103 Å². The standard InChI is InChI=1S/2C18H30O4/c1-2-3-9-13-16-18(22-16)15(19)12-10-7-5-4-6-8-11-14-17(20)21;1-2-3-4-6-9-12-15(19)18-16(22-18)13-10-7-5-8-11-14-17(20)21/h10,12,16,18H,2-9,11,13-14H2,1H3,(H,20,21);9,12,16,18H,2-8,10-11,13-14H2,1H3,(H,20,21)/b12-10-;12-9-. The summed E-state index contributed by atoms with van der Waals surface area (Å²) < 4.78 is 10.9. The van der Waals surface area contributed by atoms with Gasteiger partial charge in [0.15, 0.2) is 11.6 Å². The number of carboxylic acid groups (broad SMARTS) is 2. The van der Waals surface area contributed by atoms with Gasteiger partial charge in [-0.2, -0.15) is 0 Å². The van der Waals surface area contributed by atoms with Crippen LogP contribution in [0.1, 0.15) is 155 Å². The zero-order valence-corrected chi connectivity index (χ0v) is 27.5. The van der Waals surface area contributed by atoms with Gasteiger partial charge in [-0.15, -0.1) is 0 Å². The van der Waals surface area contributed by atoms with E-state index < -0.39 is 11.9 Å². The van der Waals surface area contributed by atoms with Crippen LogP contribution in [0.15, 0.2) is 24.3 Å². The Morgan fingerprint density at radius 3 is 1.34 bits per heavy atom. The maximum Gasteiger partial charge on any atom is 0.303 e. The molecule has 2 N–H and O–H groups in total. The molecule has 0 amide bonds. The monoisotopic (exact) mass is 620 g/mol. The number of epoxide rings is 2. The number of hydrogen-bond donors (Lipinski definition) is 2. The van der Waals surface area contributed by atoms with Crippen LogP contribution in [-0.2, 0) is 28.7 Å². The molecule has 0 aromatic rings. The number of carboxylic acids is 2. The molecule has 2 heterocycles. The summed E-state index contributed by atoms with van der Waals surface area (Å²) >= 11 is 0. The van der Waals surface area contributed by atoms with Gasteiger partial charge in [0.2, 0.25) is 0 Å². The van der Waals surface area contributed by atoms with E-state index in [1.165, 1.54) is 25.7 Å². The summed E-state index contributed by atoms with van der Waals surface area (Å²) in [6.45, 7) is 4.34. The molecular formula is C36H60O8. The Morgan fingerprint density at radius 2 is 0.886 bits per heavy atom. The number of aliphatic carboxylic acids is 2. The van der Waals surface area contributed by atoms with Crippen molar-refractivity contribution in [1.82, 2.24) is 0 Å². The van der Waals surface area contributed by atoms with Crippen molar-refractivity contribution in [2.75, 3.05) is 0 Å². The number of carbonyl (C=O) groups is 4.